The summed E-state index contributed by atoms with van der Waals surface area (Å²) < 4.78 is 5.88. The van der Waals surface area contributed by atoms with Gasteiger partial charge < -0.3 is 9.64 Å². The fraction of sp³-hybridized carbons (Fsp3) is 0.450. The molecule has 0 amide bonds. The number of anilines is 1. The summed E-state index contributed by atoms with van der Waals surface area (Å²) in [5.74, 6) is 2.08. The zero-order chi connectivity index (χ0) is 16.4. The molecular formula is C20H25N3O. The van der Waals surface area contributed by atoms with Gasteiger partial charge in [-0.05, 0) is 61.7 Å². The van der Waals surface area contributed by atoms with E-state index < -0.39 is 0 Å². The highest BCUT2D eigenvalue weighted by atomic mass is 16.5. The lowest BCUT2D eigenvalue weighted by Gasteiger charge is -2.15. The maximum Gasteiger partial charge on any atom is 0.131 e. The van der Waals surface area contributed by atoms with Gasteiger partial charge in [-0.15, -0.1) is 0 Å². The Hall–Kier alpha value is -2.07. The van der Waals surface area contributed by atoms with Gasteiger partial charge in [0.2, 0.25) is 0 Å². The van der Waals surface area contributed by atoms with Crippen LogP contribution in [-0.4, -0.2) is 49.7 Å². The lowest BCUT2D eigenvalue weighted by atomic mass is 10.1. The Kier molecular flexibility index (Phi) is 4.39. The van der Waals surface area contributed by atoms with Gasteiger partial charge in [0, 0.05) is 31.9 Å². The first-order valence-electron chi connectivity index (χ1n) is 8.95. The molecule has 126 valence electrons. The number of nitrogens with zero attached hydrogens (tertiary/aromatic N) is 3. The van der Waals surface area contributed by atoms with Crippen molar-refractivity contribution in [3.05, 3.63) is 42.1 Å². The van der Waals surface area contributed by atoms with Crippen LogP contribution in [0.4, 0.5) is 5.82 Å². The molecular weight excluding hydrogens is 298 g/mol. The Morgan fingerprint density at radius 2 is 1.83 bits per heavy atom. The van der Waals surface area contributed by atoms with Crippen LogP contribution in [0.1, 0.15) is 18.4 Å². The van der Waals surface area contributed by atoms with E-state index in [0.29, 0.717) is 0 Å². The number of pyridine rings is 1. The molecule has 2 aliphatic heterocycles. The monoisotopic (exact) mass is 323 g/mol. The minimum Gasteiger partial charge on any atom is -0.492 e. The largest absolute Gasteiger partial charge is 0.492 e. The van der Waals surface area contributed by atoms with Gasteiger partial charge >= 0.3 is 0 Å². The van der Waals surface area contributed by atoms with Gasteiger partial charge in [0.15, 0.2) is 0 Å². The lowest BCUT2D eigenvalue weighted by Crippen LogP contribution is -2.25. The van der Waals surface area contributed by atoms with Gasteiger partial charge in [0.05, 0.1) is 0 Å². The topological polar surface area (TPSA) is 28.6 Å². The molecule has 0 N–H and O–H groups in total. The molecule has 1 aromatic heterocycles. The van der Waals surface area contributed by atoms with Crippen molar-refractivity contribution in [3.8, 4) is 16.9 Å². The molecule has 2 aromatic rings. The van der Waals surface area contributed by atoms with Crippen molar-refractivity contribution in [1.29, 1.82) is 0 Å². The van der Waals surface area contributed by atoms with Crippen molar-refractivity contribution in [1.82, 2.24) is 9.88 Å². The third-order valence-corrected chi connectivity index (χ3v) is 5.08. The molecule has 0 spiro atoms. The maximum absolute atomic E-state index is 5.88. The second-order valence-corrected chi connectivity index (χ2v) is 6.80. The van der Waals surface area contributed by atoms with Crippen molar-refractivity contribution < 1.29 is 4.74 Å². The van der Waals surface area contributed by atoms with Crippen LogP contribution in [0, 0.1) is 0 Å². The van der Waals surface area contributed by atoms with Crippen LogP contribution < -0.4 is 9.64 Å². The SMILES string of the molecule is CN1CCc2cc(-c3ccc(OCCN4CCCC4)cc3)cnc21. The first-order chi connectivity index (χ1) is 11.8. The van der Waals surface area contributed by atoms with E-state index in [0.717, 1.165) is 37.7 Å². The molecule has 4 rings (SSSR count). The van der Waals surface area contributed by atoms with Gasteiger partial charge in [-0.1, -0.05) is 12.1 Å². The fourth-order valence-corrected chi connectivity index (χ4v) is 3.63. The van der Waals surface area contributed by atoms with E-state index in [4.69, 9.17) is 4.74 Å². The van der Waals surface area contributed by atoms with Crippen molar-refractivity contribution in [2.75, 3.05) is 44.7 Å². The second-order valence-electron chi connectivity index (χ2n) is 6.80. The highest BCUT2D eigenvalue weighted by Gasteiger charge is 2.17. The Labute approximate surface area is 144 Å². The van der Waals surface area contributed by atoms with E-state index in [-0.39, 0.29) is 0 Å². The first kappa shape index (κ1) is 15.5. The molecule has 0 saturated carbocycles. The van der Waals surface area contributed by atoms with Crippen LogP contribution in [-0.2, 0) is 6.42 Å². The van der Waals surface area contributed by atoms with E-state index in [1.807, 2.05) is 6.20 Å². The molecule has 4 nitrogen and oxygen atoms in total. The van der Waals surface area contributed by atoms with Gasteiger partial charge in [-0.3, -0.25) is 4.90 Å². The predicted octanol–water partition coefficient (Wildman–Crippen LogP) is 3.22. The maximum atomic E-state index is 5.88. The van der Waals surface area contributed by atoms with Gasteiger partial charge in [0.1, 0.15) is 18.2 Å². The summed E-state index contributed by atoms with van der Waals surface area (Å²) in [6, 6.07) is 10.7. The van der Waals surface area contributed by atoms with E-state index >= 15 is 0 Å². The molecule has 3 heterocycles. The minimum absolute atomic E-state index is 0.770. The van der Waals surface area contributed by atoms with Crippen LogP contribution in [0.2, 0.25) is 0 Å². The number of fused-ring (bicyclic) bond motifs is 1. The van der Waals surface area contributed by atoms with Crippen LogP contribution in [0.5, 0.6) is 5.75 Å². The number of likely N-dealkylation sites (tertiary alicyclic amines) is 1. The van der Waals surface area contributed by atoms with E-state index in [9.17, 15) is 0 Å². The molecule has 1 aromatic carbocycles. The fourth-order valence-electron chi connectivity index (χ4n) is 3.63. The zero-order valence-corrected chi connectivity index (χ0v) is 14.4. The number of aromatic nitrogens is 1. The van der Waals surface area contributed by atoms with Gasteiger partial charge in [-0.25, -0.2) is 4.98 Å². The van der Waals surface area contributed by atoms with E-state index in [1.165, 1.54) is 42.6 Å². The van der Waals surface area contributed by atoms with Gasteiger partial charge in [0.25, 0.3) is 0 Å². The summed E-state index contributed by atoms with van der Waals surface area (Å²) in [5.41, 5.74) is 3.74. The third kappa shape index (κ3) is 3.24. The number of likely N-dealkylation sites (N-methyl/N-ethyl adjacent to an activating group) is 1. The van der Waals surface area contributed by atoms with Crippen molar-refractivity contribution >= 4 is 5.82 Å². The average molecular weight is 323 g/mol. The second kappa shape index (κ2) is 6.81. The first-order valence-corrected chi connectivity index (χ1v) is 8.95. The lowest BCUT2D eigenvalue weighted by molar-refractivity contribution is 0.238. The normalized spacial score (nSPS) is 17.3. The zero-order valence-electron chi connectivity index (χ0n) is 14.4. The molecule has 0 aliphatic carbocycles. The summed E-state index contributed by atoms with van der Waals surface area (Å²) in [5, 5.41) is 0. The summed E-state index contributed by atoms with van der Waals surface area (Å²) in [4.78, 5) is 9.31. The van der Waals surface area contributed by atoms with Crippen LogP contribution in [0.3, 0.4) is 0 Å². The van der Waals surface area contributed by atoms with E-state index in [1.54, 1.807) is 0 Å². The molecule has 1 fully saturated rings. The summed E-state index contributed by atoms with van der Waals surface area (Å²) in [6.07, 6.45) is 5.73. The quantitative estimate of drug-likeness (QED) is 0.845. The van der Waals surface area contributed by atoms with Crippen LogP contribution in [0.25, 0.3) is 11.1 Å². The third-order valence-electron chi connectivity index (χ3n) is 5.08. The Bertz CT molecular complexity index is 693. The minimum atomic E-state index is 0.770. The molecule has 0 unspecified atom stereocenters. The van der Waals surface area contributed by atoms with Crippen molar-refractivity contribution in [2.24, 2.45) is 0 Å². The Morgan fingerprint density at radius 1 is 1.04 bits per heavy atom. The molecule has 0 bridgehead atoms. The van der Waals surface area contributed by atoms with Crippen LogP contribution >= 0.6 is 0 Å². The smallest absolute Gasteiger partial charge is 0.131 e. The summed E-state index contributed by atoms with van der Waals surface area (Å²) in [7, 11) is 2.10. The van der Waals surface area contributed by atoms with Crippen molar-refractivity contribution in [3.63, 3.8) is 0 Å². The summed E-state index contributed by atoms with van der Waals surface area (Å²) in [6.45, 7) is 5.32. The molecule has 24 heavy (non-hydrogen) atoms. The Morgan fingerprint density at radius 3 is 2.62 bits per heavy atom. The predicted molar refractivity (Wildman–Crippen MR) is 97.8 cm³/mol. The number of hydrogen-bond donors (Lipinski definition) is 0. The molecule has 0 radical (unpaired) electrons. The summed E-state index contributed by atoms with van der Waals surface area (Å²) >= 11 is 0. The average Bonchev–Trinajstić information content (AvgIpc) is 3.26. The molecule has 0 atom stereocenters. The van der Waals surface area contributed by atoms with Crippen molar-refractivity contribution in [2.45, 2.75) is 19.3 Å². The van der Waals surface area contributed by atoms with Gasteiger partial charge in [-0.2, -0.15) is 0 Å². The molecule has 2 aliphatic rings. The highest BCUT2D eigenvalue weighted by Crippen LogP contribution is 2.29. The number of hydrogen-bond acceptors (Lipinski definition) is 4. The van der Waals surface area contributed by atoms with E-state index in [2.05, 4.69) is 52.2 Å². The molecule has 1 saturated heterocycles. The number of rotatable bonds is 5. The number of benzene rings is 1. The standard InChI is InChI=1S/C20H25N3O/c1-22-11-8-17-14-18(15-21-20(17)22)16-4-6-19(7-5-16)24-13-12-23-9-2-3-10-23/h4-7,14-15H,2-3,8-13H2,1H3. The highest BCUT2D eigenvalue weighted by molar-refractivity contribution is 5.67. The van der Waals surface area contributed by atoms with Crippen LogP contribution in [0.15, 0.2) is 36.5 Å². The number of ether oxygens (including phenoxy) is 1. The Balaban J connectivity index is 1.38. The molecule has 4 heteroatoms.